The van der Waals surface area contributed by atoms with Gasteiger partial charge >= 0.3 is 0 Å². The average Bonchev–Trinajstić information content (AvgIpc) is 3.26. The first-order chi connectivity index (χ1) is 15.7. The molecular weight excluding hydrogens is 424 g/mol. The van der Waals surface area contributed by atoms with Gasteiger partial charge in [0.2, 0.25) is 5.95 Å². The van der Waals surface area contributed by atoms with Crippen molar-refractivity contribution in [2.45, 2.75) is 13.0 Å². The molecule has 3 heterocycles. The van der Waals surface area contributed by atoms with E-state index in [4.69, 9.17) is 19.2 Å². The lowest BCUT2D eigenvalue weighted by molar-refractivity contribution is 0.145. The summed E-state index contributed by atoms with van der Waals surface area (Å²) in [6.45, 7) is 3.29. The van der Waals surface area contributed by atoms with Gasteiger partial charge in [0.05, 0.1) is 23.8 Å². The highest BCUT2D eigenvalue weighted by Gasteiger charge is 2.11. The Hall–Kier alpha value is -2.94. The van der Waals surface area contributed by atoms with Crippen LogP contribution in [0.15, 0.2) is 54.7 Å². The molecule has 168 valence electrons. The predicted octanol–water partition coefficient (Wildman–Crippen LogP) is 4.74. The van der Waals surface area contributed by atoms with Crippen LogP contribution in [0.4, 0.5) is 11.6 Å². The van der Waals surface area contributed by atoms with E-state index < -0.39 is 0 Å². The normalized spacial score (nSPS) is 14.7. The fraction of sp³-hybridized carbons (Fsp3) is 0.333. The molecule has 8 heteroatoms. The number of anilines is 2. The van der Waals surface area contributed by atoms with Crippen LogP contribution >= 0.6 is 11.3 Å². The van der Waals surface area contributed by atoms with E-state index in [2.05, 4.69) is 40.5 Å². The molecule has 0 spiro atoms. The second-order valence-electron chi connectivity index (χ2n) is 7.48. The van der Waals surface area contributed by atoms with Gasteiger partial charge in [0.25, 0.3) is 0 Å². The number of nitrogens with one attached hydrogen (secondary N) is 1. The first-order valence-electron chi connectivity index (χ1n) is 10.6. The molecule has 32 heavy (non-hydrogen) atoms. The molecule has 0 unspecified atom stereocenters. The monoisotopic (exact) mass is 452 g/mol. The third-order valence-corrected chi connectivity index (χ3v) is 5.92. The molecule has 1 aromatic carbocycles. The van der Waals surface area contributed by atoms with E-state index in [0.717, 1.165) is 52.1 Å². The van der Waals surface area contributed by atoms with E-state index in [-0.39, 0.29) is 0 Å². The van der Waals surface area contributed by atoms with E-state index in [1.165, 1.54) is 0 Å². The zero-order chi connectivity index (χ0) is 22.2. The van der Waals surface area contributed by atoms with Crippen molar-refractivity contribution in [3.05, 3.63) is 60.3 Å². The molecule has 0 saturated carbocycles. The second kappa shape index (κ2) is 11.1. The summed E-state index contributed by atoms with van der Waals surface area (Å²) in [6.07, 6.45) is 6.98. The number of aromatic nitrogens is 2. The first-order valence-corrected chi connectivity index (χ1v) is 11.4. The van der Waals surface area contributed by atoms with Crippen molar-refractivity contribution in [3.63, 3.8) is 0 Å². The average molecular weight is 453 g/mol. The number of hydrogen-bond acceptors (Lipinski definition) is 8. The Kier molecular flexibility index (Phi) is 7.71. The summed E-state index contributed by atoms with van der Waals surface area (Å²) >= 11 is 1.59. The van der Waals surface area contributed by atoms with Gasteiger partial charge in [-0.2, -0.15) is 0 Å². The highest BCUT2D eigenvalue weighted by atomic mass is 32.1. The van der Waals surface area contributed by atoms with Gasteiger partial charge in [-0.1, -0.05) is 23.5 Å². The maximum Gasteiger partial charge on any atom is 0.227 e. The molecule has 6 bridgehead atoms. The van der Waals surface area contributed by atoms with Crippen LogP contribution in [0.3, 0.4) is 0 Å². The fourth-order valence-corrected chi connectivity index (χ4v) is 4.18. The minimum atomic E-state index is 0.508. The molecule has 0 aliphatic carbocycles. The SMILES string of the molecule is COCCOc1ccc2cc1CN(C)CC=CCCOc1ccc(s1)-c1ccnc(n1)N2. The zero-order valence-corrected chi connectivity index (χ0v) is 19.2. The van der Waals surface area contributed by atoms with Crippen molar-refractivity contribution < 1.29 is 14.2 Å². The van der Waals surface area contributed by atoms with Crippen molar-refractivity contribution in [1.29, 1.82) is 0 Å². The van der Waals surface area contributed by atoms with E-state index in [0.29, 0.717) is 25.8 Å². The molecule has 1 N–H and O–H groups in total. The van der Waals surface area contributed by atoms with Crippen LogP contribution in [-0.2, 0) is 11.3 Å². The minimum Gasteiger partial charge on any atom is -0.491 e. The molecular formula is C24H28N4O3S. The Morgan fingerprint density at radius 3 is 3.00 bits per heavy atom. The van der Waals surface area contributed by atoms with Crippen molar-refractivity contribution >= 4 is 23.0 Å². The van der Waals surface area contributed by atoms with Crippen molar-refractivity contribution in [2.24, 2.45) is 0 Å². The Morgan fingerprint density at radius 2 is 2.09 bits per heavy atom. The smallest absolute Gasteiger partial charge is 0.227 e. The summed E-state index contributed by atoms with van der Waals surface area (Å²) in [5, 5.41) is 4.23. The van der Waals surface area contributed by atoms with Gasteiger partial charge in [0, 0.05) is 37.6 Å². The van der Waals surface area contributed by atoms with Crippen LogP contribution in [0, 0.1) is 0 Å². The van der Waals surface area contributed by atoms with Crippen LogP contribution in [0.2, 0.25) is 0 Å². The Balaban J connectivity index is 1.64. The molecule has 1 aliphatic heterocycles. The van der Waals surface area contributed by atoms with Crippen LogP contribution in [-0.4, -0.2) is 55.4 Å². The lowest BCUT2D eigenvalue weighted by Crippen LogP contribution is -2.19. The predicted molar refractivity (Wildman–Crippen MR) is 128 cm³/mol. The fourth-order valence-electron chi connectivity index (χ4n) is 3.33. The van der Waals surface area contributed by atoms with Gasteiger partial charge < -0.3 is 19.5 Å². The highest BCUT2D eigenvalue weighted by Crippen LogP contribution is 2.33. The Morgan fingerprint density at radius 1 is 1.16 bits per heavy atom. The largest absolute Gasteiger partial charge is 0.491 e. The van der Waals surface area contributed by atoms with Gasteiger partial charge in [-0.3, -0.25) is 4.90 Å². The molecule has 2 aromatic heterocycles. The molecule has 0 radical (unpaired) electrons. The lowest BCUT2D eigenvalue weighted by atomic mass is 10.1. The number of hydrogen-bond donors (Lipinski definition) is 1. The van der Waals surface area contributed by atoms with Gasteiger partial charge in [-0.05, 0) is 49.9 Å². The molecule has 7 nitrogen and oxygen atoms in total. The summed E-state index contributed by atoms with van der Waals surface area (Å²) in [6, 6.07) is 12.0. The number of nitrogens with zero attached hydrogens (tertiary/aromatic N) is 3. The lowest BCUT2D eigenvalue weighted by Gasteiger charge is -2.19. The van der Waals surface area contributed by atoms with Crippen molar-refractivity contribution in [3.8, 4) is 21.4 Å². The molecule has 0 fully saturated rings. The molecule has 3 aromatic rings. The van der Waals surface area contributed by atoms with E-state index in [9.17, 15) is 0 Å². The van der Waals surface area contributed by atoms with Gasteiger partial charge in [-0.25, -0.2) is 9.97 Å². The Bertz CT molecular complexity index is 1050. The third-order valence-electron chi connectivity index (χ3n) is 4.90. The quantitative estimate of drug-likeness (QED) is 0.453. The van der Waals surface area contributed by atoms with Crippen LogP contribution < -0.4 is 14.8 Å². The maximum absolute atomic E-state index is 5.96. The van der Waals surface area contributed by atoms with Gasteiger partial charge in [0.15, 0.2) is 5.06 Å². The number of fused-ring (bicyclic) bond motifs is 7. The standard InChI is InChI=1S/C24H28N4O3S/c1-28-12-4-3-5-13-31-23-9-8-22(32-23)20-10-11-25-24(27-20)26-19-6-7-21(18(16-19)17-28)30-15-14-29-2/h3-4,6-11,16H,5,12-15,17H2,1-2H3,(H,25,26,27). The van der Waals surface area contributed by atoms with E-state index in [1.54, 1.807) is 24.6 Å². The number of thiophene rings is 1. The summed E-state index contributed by atoms with van der Waals surface area (Å²) in [5.41, 5.74) is 2.87. The van der Waals surface area contributed by atoms with E-state index >= 15 is 0 Å². The van der Waals surface area contributed by atoms with Gasteiger partial charge in [0.1, 0.15) is 12.4 Å². The van der Waals surface area contributed by atoms with Crippen LogP contribution in [0.5, 0.6) is 10.8 Å². The highest BCUT2D eigenvalue weighted by molar-refractivity contribution is 7.17. The number of likely N-dealkylation sites (N-methyl/N-ethyl adjacent to an activating group) is 1. The maximum atomic E-state index is 5.96. The second-order valence-corrected chi connectivity index (χ2v) is 8.52. The molecule has 0 atom stereocenters. The number of rotatable bonds is 4. The van der Waals surface area contributed by atoms with Crippen molar-refractivity contribution in [1.82, 2.24) is 14.9 Å². The zero-order valence-electron chi connectivity index (χ0n) is 18.4. The number of methoxy groups -OCH3 is 1. The topological polar surface area (TPSA) is 68.7 Å². The van der Waals surface area contributed by atoms with E-state index in [1.807, 2.05) is 30.3 Å². The summed E-state index contributed by atoms with van der Waals surface area (Å²) in [5.74, 6) is 1.40. The summed E-state index contributed by atoms with van der Waals surface area (Å²) < 4.78 is 17.0. The molecule has 1 aliphatic rings. The van der Waals surface area contributed by atoms with Crippen LogP contribution in [0.25, 0.3) is 10.6 Å². The van der Waals surface area contributed by atoms with Crippen LogP contribution in [0.1, 0.15) is 12.0 Å². The van der Waals surface area contributed by atoms with Crippen molar-refractivity contribution in [2.75, 3.05) is 45.8 Å². The summed E-state index contributed by atoms with van der Waals surface area (Å²) in [7, 11) is 3.77. The van der Waals surface area contributed by atoms with Gasteiger partial charge in [-0.15, -0.1) is 0 Å². The number of ether oxygens (including phenoxy) is 3. The molecule has 0 saturated heterocycles. The summed E-state index contributed by atoms with van der Waals surface area (Å²) in [4.78, 5) is 12.4. The minimum absolute atomic E-state index is 0.508. The first kappa shape index (κ1) is 22.3. The molecule has 4 rings (SSSR count). The third kappa shape index (κ3) is 6.06. The number of benzene rings is 1. The Labute approximate surface area is 192 Å². The molecule has 0 amide bonds.